The minimum Gasteiger partial charge on any atom is -0.0625 e. The Balaban J connectivity index is 0.000000841. The van der Waals surface area contributed by atoms with Crippen LogP contribution in [0.15, 0.2) is 152 Å². The standard InChI is InChI=1S/C21H36.4C17H28.C16H26.C14H22.C12H18.C11H16/c1-14(2)18-16(20(6,7)8)12-15(19(3,4)5)13-17(18)21(9,10)11;1-12(2)13-9-14(16(3,4)5)11-15(10-13)17(6,7)8;1-12(2)7-15-9-16(8-13(3)4)11-17(10-15)14(5)6;1-12(2)15-13(16(3,4)5)10-9-11-14(15)17(6,7)8;1-12(2)10-15-8-7-9-16(11-13(3)4)17(15)14(5)6;1-11(2)13-9-8-10-14(16(5,6)7)15(13)12(3)4;1-6-12-8-7-9-13(10(2)3)14(12)11(4)5;1-8(2)12-10(4)6-9(3)7-11(12)5;1-8(2)11-9(3)6-5-7-10(11)4/h12-14H,1-11H3;9-12H,1-8H3;9-14H,7-8H2,1-6H3;9-12H,1-8H3;7-9,12-14H,10-11H2,1-6H3;8-12H,1-7H3;7-11H,6H2,1-5H3;6-8H,1-5H3;5-8H,1-4H3/i;;;;;11D;6D2,10D;3D3;. The van der Waals surface area contributed by atoms with Crippen molar-refractivity contribution in [1.29, 1.82) is 0 Å². The molecule has 0 atom stereocenters. The third-order valence-electron chi connectivity index (χ3n) is 26.9. The van der Waals surface area contributed by atoms with Gasteiger partial charge in [0.2, 0.25) is 0 Å². The number of benzene rings is 9. The molecular weight excluding hydrogens is 1710 g/mol. The molecule has 9 rings (SSSR count). The zero-order valence-electron chi connectivity index (χ0n) is 111. The molecule has 0 N–H and O–H groups in total. The van der Waals surface area contributed by atoms with E-state index in [9.17, 15) is 0 Å². The van der Waals surface area contributed by atoms with Crippen LogP contribution in [-0.2, 0) is 75.4 Å². The molecule has 0 radical (unpaired) electrons. The quantitative estimate of drug-likeness (QED) is 0.0713. The van der Waals surface area contributed by atoms with Crippen molar-refractivity contribution in [3.63, 3.8) is 0 Å². The Kier molecular flexibility index (Phi) is 48.7. The fourth-order valence-corrected chi connectivity index (χ4v) is 20.0. The van der Waals surface area contributed by atoms with Crippen LogP contribution in [0.1, 0.15) is 617 Å². The van der Waals surface area contributed by atoms with E-state index in [1.165, 1.54) is 126 Å². The summed E-state index contributed by atoms with van der Waals surface area (Å²) in [5.41, 5.74) is 40.6. The first-order valence-corrected chi connectivity index (χ1v) is 55.6. The third-order valence-corrected chi connectivity index (χ3v) is 26.9. The largest absolute Gasteiger partial charge is 0.0625 e. The predicted octanol–water partition coefficient (Wildman–Crippen LogP) is 44.8. The predicted molar refractivity (Wildman–Crippen MR) is 650 cm³/mol. The van der Waals surface area contributed by atoms with Crippen molar-refractivity contribution in [2.24, 2.45) is 23.7 Å². The Bertz CT molecular complexity index is 5080. The normalized spacial score (nSPS) is 13.4. The third kappa shape index (κ3) is 44.2. The molecule has 0 aliphatic carbocycles. The summed E-state index contributed by atoms with van der Waals surface area (Å²) < 4.78 is 54.5. The number of rotatable bonds is 20. The van der Waals surface area contributed by atoms with Gasteiger partial charge in [-0.3, -0.25) is 0 Å². The molecule has 0 spiro atoms. The van der Waals surface area contributed by atoms with Gasteiger partial charge in [0, 0.05) is 9.60 Å². The molecule has 0 nitrogen and oxygen atoms in total. The minimum absolute atomic E-state index is 0.140. The van der Waals surface area contributed by atoms with Crippen molar-refractivity contribution in [3.05, 3.63) is 313 Å². The fourth-order valence-electron chi connectivity index (χ4n) is 20.0. The van der Waals surface area contributed by atoms with Gasteiger partial charge in [0.25, 0.3) is 0 Å². The lowest BCUT2D eigenvalue weighted by atomic mass is 9.70. The van der Waals surface area contributed by atoms with Crippen molar-refractivity contribution in [2.45, 2.75) is 556 Å². The van der Waals surface area contributed by atoms with E-state index >= 15 is 0 Å². The highest BCUT2D eigenvalue weighted by Crippen LogP contribution is 2.45. The lowest BCUT2D eigenvalue weighted by Crippen LogP contribution is -2.24. The first-order valence-electron chi connectivity index (χ1n) is 59.1. The van der Waals surface area contributed by atoms with Crippen LogP contribution < -0.4 is 0 Å². The number of hydrogen-bond acceptors (Lipinski definition) is 0. The van der Waals surface area contributed by atoms with Gasteiger partial charge in [-0.05, 0) is 354 Å². The Morgan fingerprint density at radius 2 is 0.493 bits per heavy atom. The monoisotopic (exact) mass is 1940 g/mol. The first-order chi connectivity index (χ1) is 67.0. The Morgan fingerprint density at radius 3 is 0.768 bits per heavy atom. The van der Waals surface area contributed by atoms with Gasteiger partial charge in [0.05, 0.1) is 0 Å². The highest BCUT2D eigenvalue weighted by Gasteiger charge is 2.32. The molecular formula is C142H230. The maximum Gasteiger partial charge on any atom is 0.0347 e. The molecule has 0 aromatic heterocycles. The van der Waals surface area contributed by atoms with Crippen LogP contribution in [0.3, 0.4) is 0 Å². The SMILES string of the molecule is CC(C)Cc1cc(CC(C)C)cc(C(C)C)c1.CC(C)Cc1cccc(CC(C)C)c1C(C)C.CC(C)c1c(C(C)(C)C)cc(C(C)(C)C)cc1C(C)(C)C.CC(C)c1c(C(C)(C)C)cccc1C(C)(C)C.CC(C)c1cc(C(C)(C)C)cc(C(C)(C)C)c1.Cc1cccc(C)c1C(C)C.[2H]C(C)(C)c1cccc(C(C)(C)C)c1C(C)C.[2H]C([2H])(C)c1cccc(C([2H])(C)C)c1C(C)C.[2H]C([2H])([2H])c1cc(C)c(C(C)C)c(C)c1. The summed E-state index contributed by atoms with van der Waals surface area (Å²) in [5, 5.41) is 0. The second-order valence-electron chi connectivity index (χ2n) is 55.1. The van der Waals surface area contributed by atoms with Gasteiger partial charge in [-0.2, -0.15) is 0 Å². The summed E-state index contributed by atoms with van der Waals surface area (Å²) in [7, 11) is 0. The Morgan fingerprint density at radius 1 is 0.232 bits per heavy atom. The van der Waals surface area contributed by atoms with E-state index in [-0.39, 0.29) is 49.2 Å². The molecule has 0 fully saturated rings. The lowest BCUT2D eigenvalue weighted by Gasteiger charge is -2.35. The van der Waals surface area contributed by atoms with E-state index in [1.54, 1.807) is 46.9 Å². The van der Waals surface area contributed by atoms with Crippen molar-refractivity contribution < 1.29 is 9.60 Å². The van der Waals surface area contributed by atoms with Crippen LogP contribution in [-0.4, -0.2) is 0 Å². The van der Waals surface area contributed by atoms with Crippen LogP contribution in [0.4, 0.5) is 0 Å². The molecule has 9 aromatic rings. The second kappa shape index (κ2) is 57.5. The summed E-state index contributed by atoms with van der Waals surface area (Å²) in [6.45, 7) is 130. The van der Waals surface area contributed by atoms with Gasteiger partial charge in [0.15, 0.2) is 0 Å². The molecule has 0 aliphatic rings. The zero-order valence-corrected chi connectivity index (χ0v) is 104. The number of aryl methyl sites for hydroxylation is 6. The first kappa shape index (κ1) is 120. The lowest BCUT2D eigenvalue weighted by molar-refractivity contribution is 0.531. The van der Waals surface area contributed by atoms with Gasteiger partial charge >= 0.3 is 0 Å². The molecule has 0 heterocycles. The molecule has 0 heteroatoms. The molecule has 0 unspecified atom stereocenters. The van der Waals surface area contributed by atoms with E-state index in [0.717, 1.165) is 45.9 Å². The fraction of sp³-hybridized carbons (Fsp3) is 0.620. The smallest absolute Gasteiger partial charge is 0.0347 e. The van der Waals surface area contributed by atoms with E-state index in [4.69, 9.17) is 9.60 Å². The van der Waals surface area contributed by atoms with Crippen LogP contribution >= 0.6 is 0 Å². The minimum atomic E-state index is -2.00. The molecule has 0 aliphatic heterocycles. The van der Waals surface area contributed by atoms with Crippen LogP contribution in [0, 0.1) is 58.2 Å². The zero-order chi connectivity index (χ0) is 117. The van der Waals surface area contributed by atoms with Crippen molar-refractivity contribution >= 4 is 0 Å². The molecule has 9 aromatic carbocycles. The van der Waals surface area contributed by atoms with Crippen molar-refractivity contribution in [1.82, 2.24) is 0 Å². The average Bonchev–Trinajstić information content (AvgIpc) is 0.740. The highest BCUT2D eigenvalue weighted by molar-refractivity contribution is 5.51. The van der Waals surface area contributed by atoms with Crippen molar-refractivity contribution in [3.8, 4) is 0 Å². The van der Waals surface area contributed by atoms with Crippen molar-refractivity contribution in [2.75, 3.05) is 0 Å². The molecule has 0 saturated carbocycles. The summed E-state index contributed by atoms with van der Waals surface area (Å²) in [6.07, 6.45) is 3.46. The van der Waals surface area contributed by atoms with E-state index in [1.807, 2.05) is 59.7 Å². The average molecular weight is 1940 g/mol. The summed E-state index contributed by atoms with van der Waals surface area (Å²) in [4.78, 5) is 0. The Hall–Kier alpha value is -7.02. The van der Waals surface area contributed by atoms with Gasteiger partial charge in [0.1, 0.15) is 0 Å². The summed E-state index contributed by atoms with van der Waals surface area (Å²) in [5.74, 6) is 6.52. The summed E-state index contributed by atoms with van der Waals surface area (Å²) >= 11 is 0. The van der Waals surface area contributed by atoms with E-state index in [0.29, 0.717) is 58.5 Å². The van der Waals surface area contributed by atoms with E-state index in [2.05, 4.69) is 481 Å². The van der Waals surface area contributed by atoms with Gasteiger partial charge in [-0.15, -0.1) is 0 Å². The summed E-state index contributed by atoms with van der Waals surface area (Å²) in [6, 6.07) is 55.1. The van der Waals surface area contributed by atoms with Gasteiger partial charge in [-0.25, -0.2) is 0 Å². The van der Waals surface area contributed by atoms with Crippen LogP contribution in [0.2, 0.25) is 0 Å². The maximum atomic E-state index is 8.31. The Labute approximate surface area is 896 Å². The van der Waals surface area contributed by atoms with Gasteiger partial charge in [-0.1, -0.05) is 538 Å². The second-order valence-corrected chi connectivity index (χ2v) is 55.1. The highest BCUT2D eigenvalue weighted by atomic mass is 14.4. The molecule has 142 heavy (non-hydrogen) atoms. The molecule has 0 saturated heterocycles. The van der Waals surface area contributed by atoms with Gasteiger partial charge < -0.3 is 0 Å². The van der Waals surface area contributed by atoms with E-state index < -0.39 is 25.0 Å². The molecule has 0 bridgehead atoms. The number of hydrogen-bond donors (Lipinski definition) is 0. The van der Waals surface area contributed by atoms with Crippen LogP contribution in [0.25, 0.3) is 0 Å². The maximum absolute atomic E-state index is 8.31. The topological polar surface area (TPSA) is 0 Å². The molecule has 798 valence electrons. The van der Waals surface area contributed by atoms with Crippen LogP contribution in [0.5, 0.6) is 0 Å². The molecule has 0 amide bonds.